The Bertz CT molecular complexity index is 1510. The van der Waals surface area contributed by atoms with Crippen molar-refractivity contribution < 1.29 is 46.1 Å². The molecule has 1 heterocycles. The van der Waals surface area contributed by atoms with Crippen LogP contribution in [0.4, 0.5) is 26.3 Å². The van der Waals surface area contributed by atoms with Crippen LogP contribution >= 0.6 is 0 Å². The maximum Gasteiger partial charge on any atom is 0.416 e. The number of aliphatic carboxylic acids is 1. The van der Waals surface area contributed by atoms with E-state index in [9.17, 15) is 50.6 Å². The molecule has 1 aromatic heterocycles. The molecule has 0 saturated carbocycles. The summed E-state index contributed by atoms with van der Waals surface area (Å²) in [7, 11) is 0. The molecule has 2 N–H and O–H groups in total. The predicted molar refractivity (Wildman–Crippen MR) is 119 cm³/mol. The second-order valence-corrected chi connectivity index (χ2v) is 7.93. The van der Waals surface area contributed by atoms with Crippen molar-refractivity contribution in [3.8, 4) is 0 Å². The predicted octanol–water partition coefficient (Wildman–Crippen LogP) is 3.70. The topological polar surface area (TPSA) is 119 Å². The minimum atomic E-state index is -4.64. The first-order valence-electron chi connectivity index (χ1n) is 10.4. The highest BCUT2D eigenvalue weighted by Gasteiger charge is 2.31. The fourth-order valence-corrected chi connectivity index (χ4v) is 3.32. The molecule has 0 fully saturated rings. The minimum absolute atomic E-state index is 0.0699. The molecule has 3 rings (SSSR count). The summed E-state index contributed by atoms with van der Waals surface area (Å²) in [6, 6.07) is 7.07. The van der Waals surface area contributed by atoms with Gasteiger partial charge < -0.3 is 10.2 Å². The van der Waals surface area contributed by atoms with Crippen molar-refractivity contribution >= 4 is 17.5 Å². The van der Waals surface area contributed by atoms with Crippen molar-refractivity contribution in [2.75, 3.05) is 0 Å². The maximum atomic E-state index is 13.1. The third-order valence-electron chi connectivity index (χ3n) is 5.25. The van der Waals surface area contributed by atoms with Gasteiger partial charge in [-0.25, -0.2) is 9.59 Å². The first-order valence-corrected chi connectivity index (χ1v) is 10.4. The van der Waals surface area contributed by atoms with Crippen LogP contribution in [0.5, 0.6) is 0 Å². The van der Waals surface area contributed by atoms with Crippen LogP contribution in [0.15, 0.2) is 70.4 Å². The molecule has 38 heavy (non-hydrogen) atoms. The number of carbonyl (C=O) groups is 2. The monoisotopic (exact) mass is 542 g/mol. The van der Waals surface area contributed by atoms with Crippen molar-refractivity contribution in [3.63, 3.8) is 0 Å². The average Bonchev–Trinajstić information content (AvgIpc) is 2.82. The number of carbonyl (C=O) groups excluding carboxylic acids is 1. The summed E-state index contributed by atoms with van der Waals surface area (Å²) in [6.45, 7) is -1.01. The van der Waals surface area contributed by atoms with E-state index in [0.29, 0.717) is 16.7 Å². The van der Waals surface area contributed by atoms with E-state index in [2.05, 4.69) is 0 Å². The number of rotatable bonds is 7. The van der Waals surface area contributed by atoms with Gasteiger partial charge in [-0.1, -0.05) is 24.3 Å². The smallest absolute Gasteiger partial charge is 0.416 e. The maximum absolute atomic E-state index is 13.1. The average molecular weight is 542 g/mol. The van der Waals surface area contributed by atoms with Gasteiger partial charge in [0.05, 0.1) is 29.8 Å². The first kappa shape index (κ1) is 28.0. The Morgan fingerprint density at radius 2 is 1.21 bits per heavy atom. The van der Waals surface area contributed by atoms with Gasteiger partial charge in [0.25, 0.3) is 11.3 Å². The van der Waals surface area contributed by atoms with Gasteiger partial charge in [0.15, 0.2) is 0 Å². The van der Waals surface area contributed by atoms with Gasteiger partial charge in [-0.15, -0.1) is 0 Å². The van der Waals surface area contributed by atoms with Crippen LogP contribution < -0.4 is 11.2 Å². The van der Waals surface area contributed by atoms with Crippen LogP contribution in [-0.4, -0.2) is 31.1 Å². The van der Waals surface area contributed by atoms with Crippen LogP contribution in [0, 0.1) is 0 Å². The molecular formula is C24H16F6N2O6. The van der Waals surface area contributed by atoms with E-state index in [1.807, 2.05) is 0 Å². The van der Waals surface area contributed by atoms with Crippen molar-refractivity contribution in [1.29, 1.82) is 0 Å². The lowest BCUT2D eigenvalue weighted by atomic mass is 10.1. The summed E-state index contributed by atoms with van der Waals surface area (Å²) in [6.07, 6.45) is -8.26. The number of alkyl halides is 6. The lowest BCUT2D eigenvalue weighted by Gasteiger charge is -2.14. The van der Waals surface area contributed by atoms with Crippen LogP contribution in [0.2, 0.25) is 0 Å². The summed E-state index contributed by atoms with van der Waals surface area (Å²) < 4.78 is 78.4. The third kappa shape index (κ3) is 6.38. The van der Waals surface area contributed by atoms with Crippen molar-refractivity contribution in [2.45, 2.75) is 25.4 Å². The molecule has 0 aliphatic carbocycles. The Kier molecular flexibility index (Phi) is 7.65. The zero-order chi connectivity index (χ0) is 28.4. The number of hydrogen-bond donors (Lipinski definition) is 2. The second kappa shape index (κ2) is 10.4. The van der Waals surface area contributed by atoms with E-state index in [1.165, 1.54) is 0 Å². The number of ketones is 1. The number of aliphatic hydroxyl groups excluding tert-OH is 1. The molecule has 0 bridgehead atoms. The lowest BCUT2D eigenvalue weighted by Crippen LogP contribution is -2.41. The van der Waals surface area contributed by atoms with Gasteiger partial charge in [-0.05, 0) is 35.4 Å². The second-order valence-electron chi connectivity index (χ2n) is 7.93. The molecule has 200 valence electrons. The molecule has 2 aromatic carbocycles. The first-order chi connectivity index (χ1) is 17.6. The summed E-state index contributed by atoms with van der Waals surface area (Å²) in [5, 5.41) is 19.0. The third-order valence-corrected chi connectivity index (χ3v) is 5.25. The number of carboxylic acids is 1. The normalized spacial score (nSPS) is 12.4. The lowest BCUT2D eigenvalue weighted by molar-refractivity contribution is -0.146. The summed E-state index contributed by atoms with van der Waals surface area (Å²) in [5.41, 5.74) is -4.68. The SMILES string of the molecule is O=C(O)C(=O)/C=C(\O)c1cn(Cc2ccc(C(F)(F)F)cc2)c(=O)n(Cc2ccc(C(F)(F)F)cc2)c1=O. The number of aromatic nitrogens is 2. The summed E-state index contributed by atoms with van der Waals surface area (Å²) >= 11 is 0. The van der Waals surface area contributed by atoms with Crippen molar-refractivity contribution in [1.82, 2.24) is 9.13 Å². The highest BCUT2D eigenvalue weighted by molar-refractivity contribution is 6.38. The van der Waals surface area contributed by atoms with Gasteiger partial charge in [0, 0.05) is 12.3 Å². The number of benzene rings is 2. The van der Waals surface area contributed by atoms with E-state index in [-0.39, 0.29) is 17.2 Å². The molecule has 0 radical (unpaired) electrons. The molecule has 0 spiro atoms. The Morgan fingerprint density at radius 1 is 0.763 bits per heavy atom. The number of aliphatic hydroxyl groups is 1. The van der Waals surface area contributed by atoms with E-state index >= 15 is 0 Å². The van der Waals surface area contributed by atoms with E-state index in [0.717, 1.165) is 47.2 Å². The highest BCUT2D eigenvalue weighted by Crippen LogP contribution is 2.30. The van der Waals surface area contributed by atoms with E-state index in [4.69, 9.17) is 5.11 Å². The molecule has 0 saturated heterocycles. The molecule has 3 aromatic rings. The van der Waals surface area contributed by atoms with Crippen LogP contribution in [-0.2, 0) is 35.0 Å². The zero-order valence-corrected chi connectivity index (χ0v) is 18.9. The molecule has 0 atom stereocenters. The van der Waals surface area contributed by atoms with Gasteiger partial charge in [-0.3, -0.25) is 18.7 Å². The standard InChI is InChI=1S/C24H16F6N2O6/c25-23(26,27)15-5-1-13(2-6-15)10-31-12-17(18(33)9-19(34)21(36)37)20(35)32(22(31)38)11-14-3-7-16(8-4-14)24(28,29)30/h1-9,12,33H,10-11H2,(H,36,37)/b18-9-. The Morgan fingerprint density at radius 3 is 1.63 bits per heavy atom. The van der Waals surface area contributed by atoms with Gasteiger partial charge in [0.2, 0.25) is 0 Å². The zero-order valence-electron chi connectivity index (χ0n) is 18.9. The number of halogens is 6. The fraction of sp³-hybridized carbons (Fsp3) is 0.167. The van der Waals surface area contributed by atoms with Crippen LogP contribution in [0.25, 0.3) is 5.76 Å². The summed E-state index contributed by atoms with van der Waals surface area (Å²) in [5.74, 6) is -4.68. The molecule has 0 amide bonds. The van der Waals surface area contributed by atoms with Crippen LogP contribution in [0.3, 0.4) is 0 Å². The van der Waals surface area contributed by atoms with Crippen LogP contribution in [0.1, 0.15) is 27.8 Å². The fourth-order valence-electron chi connectivity index (χ4n) is 3.32. The molecule has 0 unspecified atom stereocenters. The van der Waals surface area contributed by atoms with Gasteiger partial charge >= 0.3 is 24.0 Å². The van der Waals surface area contributed by atoms with E-state index < -0.39 is 70.9 Å². The van der Waals surface area contributed by atoms with Crippen molar-refractivity contribution in [2.24, 2.45) is 0 Å². The summed E-state index contributed by atoms with van der Waals surface area (Å²) in [4.78, 5) is 48.3. The van der Waals surface area contributed by atoms with Gasteiger partial charge in [-0.2, -0.15) is 26.3 Å². The molecule has 0 aliphatic rings. The Hall–Kier alpha value is -4.62. The minimum Gasteiger partial charge on any atom is -0.507 e. The molecule has 0 aliphatic heterocycles. The largest absolute Gasteiger partial charge is 0.507 e. The molecular weight excluding hydrogens is 526 g/mol. The number of nitrogens with zero attached hydrogens (tertiary/aromatic N) is 2. The highest BCUT2D eigenvalue weighted by atomic mass is 19.4. The molecule has 8 nitrogen and oxygen atoms in total. The Balaban J connectivity index is 2.11. The number of carboxylic acid groups (broad SMARTS) is 1. The quantitative estimate of drug-likeness (QED) is 0.204. The van der Waals surface area contributed by atoms with E-state index in [1.54, 1.807) is 0 Å². The van der Waals surface area contributed by atoms with Gasteiger partial charge in [0.1, 0.15) is 5.76 Å². The Labute approximate surface area is 208 Å². The van der Waals surface area contributed by atoms with Crippen molar-refractivity contribution in [3.05, 3.63) is 109 Å². The molecule has 14 heteroatoms. The number of hydrogen-bond acceptors (Lipinski definition) is 5.